The third-order valence-electron chi connectivity index (χ3n) is 2.70. The summed E-state index contributed by atoms with van der Waals surface area (Å²) in [5.41, 5.74) is 2.81. The van der Waals surface area contributed by atoms with Gasteiger partial charge in [-0.15, -0.1) is 0 Å². The minimum atomic E-state index is -0.826. The molecule has 1 atom stereocenters. The molecule has 0 radical (unpaired) electrons. The SMILES string of the molecule is CCC(C)[c-]1cccc1.C[c-]1cccc1.[Cl][Zr+2][Cl]. The Balaban J connectivity index is 0.000000278. The average Bonchev–Trinajstić information content (AvgIpc) is 3.02. The van der Waals surface area contributed by atoms with Crippen LogP contribution in [0.5, 0.6) is 0 Å². The van der Waals surface area contributed by atoms with Crippen molar-refractivity contribution in [3.8, 4) is 0 Å². The van der Waals surface area contributed by atoms with Gasteiger partial charge >= 0.3 is 37.9 Å². The normalized spacial score (nSPS) is 10.3. The molecule has 0 saturated heterocycles. The van der Waals surface area contributed by atoms with Crippen LogP contribution in [0.25, 0.3) is 0 Å². The third kappa shape index (κ3) is 9.14. The Labute approximate surface area is 130 Å². The number of hydrogen-bond acceptors (Lipinski definition) is 0. The van der Waals surface area contributed by atoms with Crippen LogP contribution in [-0.4, -0.2) is 0 Å². The quantitative estimate of drug-likeness (QED) is 0.574. The summed E-state index contributed by atoms with van der Waals surface area (Å²) in [4.78, 5) is 0. The van der Waals surface area contributed by atoms with Crippen LogP contribution in [0.15, 0.2) is 48.5 Å². The van der Waals surface area contributed by atoms with Gasteiger partial charge in [0.25, 0.3) is 0 Å². The molecule has 0 N–H and O–H groups in total. The van der Waals surface area contributed by atoms with Crippen molar-refractivity contribution in [1.29, 1.82) is 0 Å². The maximum absolute atomic E-state index is 4.93. The van der Waals surface area contributed by atoms with Gasteiger partial charge in [-0.25, -0.2) is 24.3 Å². The molecule has 0 heterocycles. The van der Waals surface area contributed by atoms with Crippen molar-refractivity contribution in [2.24, 2.45) is 0 Å². The van der Waals surface area contributed by atoms with Gasteiger partial charge in [0.2, 0.25) is 0 Å². The summed E-state index contributed by atoms with van der Waals surface area (Å²) in [6, 6.07) is 16.8. The van der Waals surface area contributed by atoms with E-state index in [1.807, 2.05) is 12.1 Å². The van der Waals surface area contributed by atoms with Gasteiger partial charge in [-0.05, 0) is 0 Å². The molecular weight excluding hydrogens is 342 g/mol. The third-order valence-corrected chi connectivity index (χ3v) is 2.70. The molecule has 98 valence electrons. The number of hydrogen-bond donors (Lipinski definition) is 0. The summed E-state index contributed by atoms with van der Waals surface area (Å²) in [6.07, 6.45) is 1.24. The van der Waals surface area contributed by atoms with E-state index in [9.17, 15) is 0 Å². The standard InChI is InChI=1S/C9H13.C6H7.2ClH.Zr/c1-3-8(2)9-6-4-5-7-9;1-6-4-2-3-5-6;;;/h4-8H,3H2,1-2H3;2-5H,1H3;2*1H;/q2*-1;;;+4/p-2. The Hall–Kier alpha value is 0.163. The fourth-order valence-corrected chi connectivity index (χ4v) is 1.42. The van der Waals surface area contributed by atoms with E-state index in [-0.39, 0.29) is 0 Å². The maximum atomic E-state index is 4.93. The molecule has 1 unspecified atom stereocenters. The number of halogens is 2. The zero-order valence-electron chi connectivity index (χ0n) is 11.2. The van der Waals surface area contributed by atoms with Crippen LogP contribution in [0.1, 0.15) is 37.3 Å². The van der Waals surface area contributed by atoms with Crippen molar-refractivity contribution in [3.63, 3.8) is 0 Å². The van der Waals surface area contributed by atoms with E-state index in [4.69, 9.17) is 17.0 Å². The Kier molecular flexibility index (Phi) is 12.3. The monoisotopic (exact) mass is 360 g/mol. The van der Waals surface area contributed by atoms with Crippen molar-refractivity contribution >= 4 is 17.0 Å². The van der Waals surface area contributed by atoms with E-state index in [1.165, 1.54) is 17.5 Å². The van der Waals surface area contributed by atoms with Crippen LogP contribution < -0.4 is 0 Å². The Morgan fingerprint density at radius 3 is 1.67 bits per heavy atom. The van der Waals surface area contributed by atoms with Crippen LogP contribution in [0.3, 0.4) is 0 Å². The molecule has 2 aromatic carbocycles. The second-order valence-electron chi connectivity index (χ2n) is 4.06. The topological polar surface area (TPSA) is 0 Å². The molecule has 18 heavy (non-hydrogen) atoms. The van der Waals surface area contributed by atoms with Crippen molar-refractivity contribution in [2.45, 2.75) is 33.1 Å². The van der Waals surface area contributed by atoms with E-state index in [0.717, 1.165) is 5.92 Å². The molecule has 0 aromatic heterocycles. The average molecular weight is 362 g/mol. The molecule has 2 rings (SSSR count). The number of aryl methyl sites for hydroxylation is 1. The van der Waals surface area contributed by atoms with Gasteiger partial charge in [-0.1, -0.05) is 33.1 Å². The molecule has 0 aliphatic rings. The van der Waals surface area contributed by atoms with Gasteiger partial charge in [0.05, 0.1) is 0 Å². The zero-order chi connectivity index (χ0) is 13.8. The van der Waals surface area contributed by atoms with E-state index >= 15 is 0 Å². The Bertz CT molecular complexity index is 352. The van der Waals surface area contributed by atoms with Crippen molar-refractivity contribution < 1.29 is 20.8 Å². The zero-order valence-corrected chi connectivity index (χ0v) is 15.1. The van der Waals surface area contributed by atoms with Crippen LogP contribution >= 0.6 is 17.0 Å². The predicted molar refractivity (Wildman–Crippen MR) is 79.2 cm³/mol. The predicted octanol–water partition coefficient (Wildman–Crippen LogP) is 6.01. The molecule has 2 aromatic rings. The molecule has 0 nitrogen and oxygen atoms in total. The molecule has 0 amide bonds. The van der Waals surface area contributed by atoms with E-state index in [2.05, 4.69) is 57.2 Å². The molecule has 0 saturated carbocycles. The van der Waals surface area contributed by atoms with Crippen molar-refractivity contribution in [2.75, 3.05) is 0 Å². The summed E-state index contributed by atoms with van der Waals surface area (Å²) >= 11 is -0.826. The fraction of sp³-hybridized carbons (Fsp3) is 0.333. The van der Waals surface area contributed by atoms with Gasteiger partial charge in [-0.3, -0.25) is 0 Å². The van der Waals surface area contributed by atoms with E-state index in [0.29, 0.717) is 0 Å². The summed E-state index contributed by atoms with van der Waals surface area (Å²) in [5.74, 6) is 0.736. The van der Waals surface area contributed by atoms with Crippen LogP contribution in [-0.2, 0) is 20.8 Å². The summed E-state index contributed by atoms with van der Waals surface area (Å²) in [5, 5.41) is 0. The van der Waals surface area contributed by atoms with Crippen molar-refractivity contribution in [3.05, 3.63) is 59.7 Å². The van der Waals surface area contributed by atoms with Gasteiger partial charge in [0.15, 0.2) is 0 Å². The first-order valence-corrected chi connectivity index (χ1v) is 12.3. The molecular formula is C15H20Cl2Zr. The Morgan fingerprint density at radius 1 is 1.00 bits per heavy atom. The molecule has 0 bridgehead atoms. The summed E-state index contributed by atoms with van der Waals surface area (Å²) < 4.78 is 0. The molecule has 0 spiro atoms. The van der Waals surface area contributed by atoms with Gasteiger partial charge in [-0.2, -0.15) is 35.4 Å². The molecule has 3 heteroatoms. The van der Waals surface area contributed by atoms with Crippen LogP contribution in [0.4, 0.5) is 0 Å². The summed E-state index contributed by atoms with van der Waals surface area (Å²) in [6.45, 7) is 6.56. The van der Waals surface area contributed by atoms with Gasteiger partial charge in [0.1, 0.15) is 0 Å². The number of rotatable bonds is 2. The molecule has 0 aliphatic carbocycles. The van der Waals surface area contributed by atoms with Crippen LogP contribution in [0.2, 0.25) is 0 Å². The van der Waals surface area contributed by atoms with E-state index in [1.54, 1.807) is 0 Å². The molecule has 0 fully saturated rings. The first-order valence-electron chi connectivity index (χ1n) is 6.01. The first kappa shape index (κ1) is 18.2. The first-order chi connectivity index (χ1) is 8.65. The summed E-state index contributed by atoms with van der Waals surface area (Å²) in [7, 11) is 9.87. The molecule has 0 aliphatic heterocycles. The second kappa shape index (κ2) is 12.2. The Morgan fingerprint density at radius 2 is 1.39 bits per heavy atom. The van der Waals surface area contributed by atoms with Crippen LogP contribution in [0, 0.1) is 6.92 Å². The van der Waals surface area contributed by atoms with Gasteiger partial charge < -0.3 is 0 Å². The van der Waals surface area contributed by atoms with E-state index < -0.39 is 20.8 Å². The van der Waals surface area contributed by atoms with Gasteiger partial charge in [0, 0.05) is 0 Å². The second-order valence-corrected chi connectivity index (χ2v) is 7.79. The minimum absolute atomic E-state index is 0.736. The van der Waals surface area contributed by atoms with Crippen molar-refractivity contribution in [1.82, 2.24) is 0 Å². The fourth-order valence-electron chi connectivity index (χ4n) is 1.42.